The number of benzene rings is 2. The van der Waals surface area contributed by atoms with Gasteiger partial charge >= 0.3 is 0 Å². The van der Waals surface area contributed by atoms with Gasteiger partial charge in [0, 0.05) is 24.6 Å². The molecule has 0 spiro atoms. The summed E-state index contributed by atoms with van der Waals surface area (Å²) in [7, 11) is 0. The molecule has 1 aliphatic rings. The topological polar surface area (TPSA) is 67.0 Å². The van der Waals surface area contributed by atoms with Crippen molar-refractivity contribution in [1.82, 2.24) is 15.5 Å². The number of ether oxygens (including phenoxy) is 1. The Balaban J connectivity index is 1.39. The number of H-pyrrole nitrogens is 1. The van der Waals surface area contributed by atoms with Gasteiger partial charge in [-0.3, -0.25) is 9.89 Å². The molecule has 27 heavy (non-hydrogen) atoms. The molecule has 0 aliphatic carbocycles. The normalized spacial score (nSPS) is 19.1. The molecule has 0 radical (unpaired) electrons. The Labute approximate surface area is 156 Å². The van der Waals surface area contributed by atoms with Crippen LogP contribution < -0.4 is 5.32 Å². The molecule has 2 aromatic carbocycles. The van der Waals surface area contributed by atoms with Gasteiger partial charge in [-0.25, -0.2) is 4.39 Å². The molecule has 0 unspecified atom stereocenters. The molecule has 2 atom stereocenters. The number of carbonyl (C=O) groups excluding carboxylic acids is 1. The minimum absolute atomic E-state index is 0.00282. The molecule has 1 aliphatic heterocycles. The fourth-order valence-electron chi connectivity index (χ4n) is 3.38. The van der Waals surface area contributed by atoms with E-state index in [1.165, 1.54) is 12.1 Å². The van der Waals surface area contributed by atoms with E-state index in [0.29, 0.717) is 24.5 Å². The van der Waals surface area contributed by atoms with Crippen molar-refractivity contribution in [2.45, 2.75) is 12.5 Å². The lowest BCUT2D eigenvalue weighted by Crippen LogP contribution is -2.30. The Morgan fingerprint density at radius 1 is 1.19 bits per heavy atom. The Morgan fingerprint density at radius 3 is 2.74 bits per heavy atom. The molecule has 1 fully saturated rings. The van der Waals surface area contributed by atoms with Crippen LogP contribution in [0, 0.1) is 11.7 Å². The van der Waals surface area contributed by atoms with Crippen LogP contribution in [0.4, 0.5) is 4.39 Å². The van der Waals surface area contributed by atoms with Gasteiger partial charge < -0.3 is 10.1 Å². The first-order valence-corrected chi connectivity index (χ1v) is 8.97. The van der Waals surface area contributed by atoms with Crippen molar-refractivity contribution in [1.29, 1.82) is 0 Å². The molecule has 1 saturated heterocycles. The molecule has 5 nitrogen and oxygen atoms in total. The molecule has 2 N–H and O–H groups in total. The predicted molar refractivity (Wildman–Crippen MR) is 99.6 cm³/mol. The van der Waals surface area contributed by atoms with E-state index >= 15 is 0 Å². The summed E-state index contributed by atoms with van der Waals surface area (Å²) in [6, 6.07) is 17.7. The maximum Gasteiger partial charge on any atom is 0.269 e. The number of rotatable bonds is 5. The highest BCUT2D eigenvalue weighted by atomic mass is 19.1. The lowest BCUT2D eigenvalue weighted by molar-refractivity contribution is 0.0844. The zero-order valence-electron chi connectivity index (χ0n) is 14.7. The molecule has 0 saturated carbocycles. The van der Waals surface area contributed by atoms with Gasteiger partial charge in [-0.05, 0) is 42.3 Å². The standard InChI is InChI=1S/C21H20FN3O2/c22-17-8-6-14(7-9-17)18-12-19(25-24-18)21(26)23-13-16-10-11-27-20(16)15-4-2-1-3-5-15/h1-9,12,16,20H,10-11,13H2,(H,23,26)(H,24,25)/t16-,20-/m0/s1. The van der Waals surface area contributed by atoms with Crippen molar-refractivity contribution >= 4 is 5.91 Å². The first kappa shape index (κ1) is 17.4. The Kier molecular flexibility index (Phi) is 4.98. The molecule has 6 heteroatoms. The van der Waals surface area contributed by atoms with Crippen molar-refractivity contribution in [2.75, 3.05) is 13.2 Å². The van der Waals surface area contributed by atoms with Gasteiger partial charge in [-0.15, -0.1) is 0 Å². The molecule has 1 aromatic heterocycles. The van der Waals surface area contributed by atoms with E-state index in [2.05, 4.69) is 27.6 Å². The van der Waals surface area contributed by atoms with Crippen LogP contribution in [-0.4, -0.2) is 29.3 Å². The van der Waals surface area contributed by atoms with Gasteiger partial charge in [-0.2, -0.15) is 5.10 Å². The summed E-state index contributed by atoms with van der Waals surface area (Å²) in [5.41, 5.74) is 2.87. The Morgan fingerprint density at radius 2 is 1.96 bits per heavy atom. The van der Waals surface area contributed by atoms with Crippen LogP contribution in [-0.2, 0) is 4.74 Å². The first-order valence-electron chi connectivity index (χ1n) is 8.97. The number of carbonyl (C=O) groups is 1. The van der Waals surface area contributed by atoms with Gasteiger partial charge in [-0.1, -0.05) is 30.3 Å². The summed E-state index contributed by atoms with van der Waals surface area (Å²) in [4.78, 5) is 12.5. The van der Waals surface area contributed by atoms with Crippen molar-refractivity contribution in [2.24, 2.45) is 5.92 Å². The zero-order chi connectivity index (χ0) is 18.6. The van der Waals surface area contributed by atoms with Crippen LogP contribution in [0.3, 0.4) is 0 Å². The second kappa shape index (κ2) is 7.72. The van der Waals surface area contributed by atoms with Crippen LogP contribution in [0.25, 0.3) is 11.3 Å². The summed E-state index contributed by atoms with van der Waals surface area (Å²) in [6.45, 7) is 1.22. The number of hydrogen-bond acceptors (Lipinski definition) is 3. The molecule has 1 amide bonds. The quantitative estimate of drug-likeness (QED) is 0.724. The van der Waals surface area contributed by atoms with Gasteiger partial charge in [0.25, 0.3) is 5.91 Å². The monoisotopic (exact) mass is 365 g/mol. The number of nitrogens with one attached hydrogen (secondary N) is 2. The fourth-order valence-corrected chi connectivity index (χ4v) is 3.38. The number of nitrogens with zero attached hydrogens (tertiary/aromatic N) is 1. The zero-order valence-corrected chi connectivity index (χ0v) is 14.7. The minimum atomic E-state index is -0.306. The third-order valence-corrected chi connectivity index (χ3v) is 4.83. The average Bonchev–Trinajstić information content (AvgIpc) is 3.37. The number of aromatic amines is 1. The maximum absolute atomic E-state index is 13.0. The molecule has 0 bridgehead atoms. The van der Waals surface area contributed by atoms with E-state index in [1.54, 1.807) is 18.2 Å². The van der Waals surface area contributed by atoms with Crippen LogP contribution in [0.5, 0.6) is 0 Å². The van der Waals surface area contributed by atoms with E-state index in [1.807, 2.05) is 18.2 Å². The summed E-state index contributed by atoms with van der Waals surface area (Å²) in [5, 5.41) is 9.86. The van der Waals surface area contributed by atoms with E-state index in [4.69, 9.17) is 4.74 Å². The molecular formula is C21H20FN3O2. The molecule has 3 aromatic rings. The first-order chi connectivity index (χ1) is 13.2. The number of amides is 1. The molecule has 138 valence electrons. The molecule has 4 rings (SSSR count). The highest BCUT2D eigenvalue weighted by Crippen LogP contribution is 2.33. The van der Waals surface area contributed by atoms with E-state index in [-0.39, 0.29) is 23.7 Å². The minimum Gasteiger partial charge on any atom is -0.373 e. The second-order valence-corrected chi connectivity index (χ2v) is 6.63. The average molecular weight is 365 g/mol. The SMILES string of the molecule is O=C(NC[C@@H]1CCO[C@H]1c1ccccc1)c1cc(-c2ccc(F)cc2)n[nH]1. The lowest BCUT2D eigenvalue weighted by Gasteiger charge is -2.19. The van der Waals surface area contributed by atoms with Gasteiger partial charge in [0.2, 0.25) is 0 Å². The Hall–Kier alpha value is -2.99. The van der Waals surface area contributed by atoms with E-state index < -0.39 is 0 Å². The highest BCUT2D eigenvalue weighted by Gasteiger charge is 2.30. The second-order valence-electron chi connectivity index (χ2n) is 6.63. The number of hydrogen-bond donors (Lipinski definition) is 2. The molecular weight excluding hydrogens is 345 g/mol. The summed E-state index contributed by atoms with van der Waals surface area (Å²) < 4.78 is 18.9. The van der Waals surface area contributed by atoms with Gasteiger partial charge in [0.05, 0.1) is 11.8 Å². The number of aromatic nitrogens is 2. The lowest BCUT2D eigenvalue weighted by atomic mass is 9.95. The highest BCUT2D eigenvalue weighted by molar-refractivity contribution is 5.93. The third kappa shape index (κ3) is 3.90. The predicted octanol–water partition coefficient (Wildman–Crippen LogP) is 3.72. The summed E-state index contributed by atoms with van der Waals surface area (Å²) in [5.74, 6) is -0.288. The smallest absolute Gasteiger partial charge is 0.269 e. The number of halogens is 1. The van der Waals surface area contributed by atoms with Crippen molar-refractivity contribution in [3.05, 3.63) is 77.7 Å². The van der Waals surface area contributed by atoms with Crippen LogP contribution in [0.2, 0.25) is 0 Å². The van der Waals surface area contributed by atoms with E-state index in [0.717, 1.165) is 17.5 Å². The van der Waals surface area contributed by atoms with Crippen molar-refractivity contribution < 1.29 is 13.9 Å². The fraction of sp³-hybridized carbons (Fsp3) is 0.238. The van der Waals surface area contributed by atoms with E-state index in [9.17, 15) is 9.18 Å². The van der Waals surface area contributed by atoms with Crippen LogP contribution in [0.1, 0.15) is 28.6 Å². The summed E-state index contributed by atoms with van der Waals surface area (Å²) >= 11 is 0. The summed E-state index contributed by atoms with van der Waals surface area (Å²) in [6.07, 6.45) is 0.909. The third-order valence-electron chi connectivity index (χ3n) is 4.83. The van der Waals surface area contributed by atoms with Crippen LogP contribution >= 0.6 is 0 Å². The maximum atomic E-state index is 13.0. The van der Waals surface area contributed by atoms with Crippen molar-refractivity contribution in [3.63, 3.8) is 0 Å². The van der Waals surface area contributed by atoms with Crippen LogP contribution in [0.15, 0.2) is 60.7 Å². The van der Waals surface area contributed by atoms with Gasteiger partial charge in [0.15, 0.2) is 0 Å². The Bertz CT molecular complexity index is 909. The molecule has 2 heterocycles. The van der Waals surface area contributed by atoms with Crippen molar-refractivity contribution in [3.8, 4) is 11.3 Å². The largest absolute Gasteiger partial charge is 0.373 e. The van der Waals surface area contributed by atoms with Gasteiger partial charge in [0.1, 0.15) is 11.5 Å².